The fraction of sp³-hybridized carbons (Fsp3) is 0.655. The van der Waals surface area contributed by atoms with Crippen LogP contribution >= 0.6 is 34.8 Å². The minimum atomic E-state index is -3.51. The number of rotatable bonds is 13. The molecule has 2 bridgehead atoms. The number of halogens is 13. The first-order chi connectivity index (χ1) is 46.0. The third kappa shape index (κ3) is 14.2. The maximum atomic E-state index is 14.5. The van der Waals surface area contributed by atoms with Crippen molar-refractivity contribution < 1.29 is 87.6 Å². The predicted molar refractivity (Wildman–Crippen MR) is 328 cm³/mol. The SMILES string of the molecule is CCC1(CC)O[C@@H](n2ccc(=O)[nH]c2=O)C(F)(F)[C@@H]1C.CC[C@@]1(CCl)O[C@@H](n2ccc(=O)[nH]c2=O)C(F)(F)[C@@H]1C.C[C@@H]1C(CO)(CO)O[C@@H](n2ccc(=O)[nH]c2=O)C1(F)F.C[C@H]1C(F)(F)[C@H](n2ccc(=O)[nH]c2=O)O[C@@]1(CO)CCl.C[C@H]1C(F)(F)[C@H]2O[C@]1(CCl)COc1nc(=O)ccn12. The van der Waals surface area contributed by atoms with E-state index in [-0.39, 0.29) is 30.3 Å². The van der Waals surface area contributed by atoms with Gasteiger partial charge < -0.3 is 43.7 Å². The smallest absolute Gasteiger partial charge is 0.330 e. The second-order valence-corrected chi connectivity index (χ2v) is 25.2. The number of nitrogens with zero attached hydrogens (tertiary/aromatic N) is 6. The number of hydrogen-bond donors (Lipinski definition) is 7. The number of aliphatic hydroxyl groups excluding tert-OH is 3. The molecule has 7 N–H and O–H groups in total. The van der Waals surface area contributed by atoms with E-state index in [9.17, 15) is 102 Å². The molecule has 0 radical (unpaired) electrons. The van der Waals surface area contributed by atoms with Crippen LogP contribution in [0.1, 0.15) is 106 Å². The molecule has 0 aromatic carbocycles. The summed E-state index contributed by atoms with van der Waals surface area (Å²) in [6, 6.07) is 4.79. The summed E-state index contributed by atoms with van der Waals surface area (Å²) in [5.41, 5.74) is -14.1. The number of nitrogens with one attached hydrogen (secondary N) is 4. The van der Waals surface area contributed by atoms with Crippen LogP contribution in [0.5, 0.6) is 6.01 Å². The van der Waals surface area contributed by atoms with Gasteiger partial charge in [0.1, 0.15) is 23.4 Å². The van der Waals surface area contributed by atoms with E-state index in [0.29, 0.717) is 33.0 Å². The molecule has 41 heteroatoms. The lowest BCUT2D eigenvalue weighted by Gasteiger charge is -2.30. The van der Waals surface area contributed by atoms with Crippen molar-refractivity contribution in [3.63, 3.8) is 0 Å². The second kappa shape index (κ2) is 29.3. The van der Waals surface area contributed by atoms with Crippen LogP contribution < -0.4 is 55.3 Å². The van der Waals surface area contributed by atoms with E-state index in [1.165, 1.54) is 33.9 Å². The van der Waals surface area contributed by atoms with Crippen molar-refractivity contribution in [2.45, 2.75) is 163 Å². The molecule has 11 rings (SSSR count). The van der Waals surface area contributed by atoms with Crippen molar-refractivity contribution in [2.75, 3.05) is 44.1 Å². The van der Waals surface area contributed by atoms with Crippen LogP contribution in [0, 0.1) is 29.6 Å². The Balaban J connectivity index is 0.000000174. The summed E-state index contributed by atoms with van der Waals surface area (Å²) in [6.07, 6.45) is -2.77. The lowest BCUT2D eigenvalue weighted by molar-refractivity contribution is -0.154. The van der Waals surface area contributed by atoms with E-state index in [2.05, 4.69) is 4.98 Å². The number of aromatic amines is 4. The summed E-state index contributed by atoms with van der Waals surface area (Å²) >= 11 is 17.2. The van der Waals surface area contributed by atoms with Crippen molar-refractivity contribution in [3.05, 3.63) is 155 Å². The molecule has 5 aromatic heterocycles. The minimum absolute atomic E-state index is 0.102. The van der Waals surface area contributed by atoms with E-state index in [0.717, 1.165) is 71.2 Å². The molecular formula is C58H71Cl3F10N10O18. The van der Waals surface area contributed by atoms with Gasteiger partial charge in [-0.3, -0.25) is 66.7 Å². The summed E-state index contributed by atoms with van der Waals surface area (Å²) < 4.78 is 179. The number of alkyl halides is 13. The summed E-state index contributed by atoms with van der Waals surface area (Å²) in [4.78, 5) is 113. The molecule has 0 aliphatic carbocycles. The van der Waals surface area contributed by atoms with Gasteiger partial charge in [-0.05, 0) is 19.3 Å². The standard InChI is InChI=1S/C13H18F2N2O3.C12H15ClF2N2O3.C11H13ClF2N2O4.C11H11ClF2N2O3.C11H14F2N2O5/c1-4-12(5-2)8(3)13(14,15)10(20-12)17-7-6-9(18)16-11(17)19;1-3-11(6-13)7(2)12(14,15)9(20-11)17-5-4-8(18)16-10(17)19;1-6-10(4-12,5-17)20-8(11(6,13)14)16-3-2-7(18)15-9(16)19;1-6-10(4-12)5-18-9-15-7(17)2-3-16(9)8(19-10)11(6,13)14;1-6-10(4-16,5-17)20-8(11(6,12)13)15-3-2-7(18)14-9(15)19/h6-8,10H,4-5H2,1-3H3,(H,16,18,19);4-5,7,9H,3,6H2,1-2H3,(H,16,18,19);2-3,6,8,17H,4-5H2,1H3,(H,15,18,19);2-3,6,8H,4-5H2,1H3;2-3,6,8,16-17H,4-5H2,1H3,(H,14,18,19)/t8-,10-;7-,9-,11+;2*6-,8-,10-;6-,8-/m11111/s1. The quantitative estimate of drug-likeness (QED) is 0.0634. The Morgan fingerprint density at radius 2 is 0.697 bits per heavy atom. The van der Waals surface area contributed by atoms with Crippen molar-refractivity contribution in [3.8, 4) is 6.01 Å². The highest BCUT2D eigenvalue weighted by molar-refractivity contribution is 6.19. The molecule has 0 unspecified atom stereocenters. The van der Waals surface area contributed by atoms with Gasteiger partial charge in [-0.25, -0.2) is 63.1 Å². The Morgan fingerprint density at radius 1 is 0.414 bits per heavy atom. The molecule has 552 valence electrons. The number of hydrogen-bond acceptors (Lipinski definition) is 19. The normalized spacial score (nSPS) is 31.1. The van der Waals surface area contributed by atoms with Gasteiger partial charge in [-0.2, -0.15) is 4.98 Å². The molecule has 11 heterocycles. The Hall–Kier alpha value is -6.75. The number of ether oxygens (including phenoxy) is 6. The highest BCUT2D eigenvalue weighted by atomic mass is 35.5. The maximum Gasteiger partial charge on any atom is 0.330 e. The average Bonchev–Trinajstić information content (AvgIpc) is 1.61. The lowest BCUT2D eigenvalue weighted by Crippen LogP contribution is -2.46. The first-order valence-electron chi connectivity index (χ1n) is 30.3. The Labute approximate surface area is 566 Å². The van der Waals surface area contributed by atoms with Crippen LogP contribution in [0.4, 0.5) is 43.9 Å². The van der Waals surface area contributed by atoms with Crippen molar-refractivity contribution >= 4 is 34.8 Å². The van der Waals surface area contributed by atoms with E-state index in [4.69, 9.17) is 63.2 Å². The summed E-state index contributed by atoms with van der Waals surface area (Å²) in [5, 5.41) is 27.8. The average molecular weight is 1490 g/mol. The van der Waals surface area contributed by atoms with Crippen molar-refractivity contribution in [2.24, 2.45) is 29.6 Å². The Morgan fingerprint density at radius 3 is 0.980 bits per heavy atom. The van der Waals surface area contributed by atoms with Gasteiger partial charge in [0.05, 0.1) is 78.3 Å². The third-order valence-corrected chi connectivity index (χ3v) is 20.8. The molecule has 0 amide bonds. The highest BCUT2D eigenvalue weighted by Crippen LogP contribution is 2.58. The summed E-state index contributed by atoms with van der Waals surface area (Å²) in [5.74, 6) is -23.3. The minimum Gasteiger partial charge on any atom is -0.461 e. The topological polar surface area (TPSA) is 370 Å². The molecule has 99 heavy (non-hydrogen) atoms. The Kier molecular flexibility index (Phi) is 23.6. The lowest BCUT2D eigenvalue weighted by atomic mass is 9.82. The maximum absolute atomic E-state index is 14.5. The molecule has 13 atom stereocenters. The van der Waals surface area contributed by atoms with Gasteiger partial charge in [0, 0.05) is 61.3 Å². The van der Waals surface area contributed by atoms with Gasteiger partial charge in [-0.1, -0.05) is 55.4 Å². The van der Waals surface area contributed by atoms with Crippen molar-refractivity contribution in [1.29, 1.82) is 0 Å². The first-order valence-corrected chi connectivity index (χ1v) is 31.9. The molecule has 0 saturated carbocycles. The van der Waals surface area contributed by atoms with Gasteiger partial charge in [0.2, 0.25) is 31.1 Å². The van der Waals surface area contributed by atoms with Gasteiger partial charge >= 0.3 is 28.8 Å². The van der Waals surface area contributed by atoms with Crippen LogP contribution in [0.2, 0.25) is 0 Å². The summed E-state index contributed by atoms with van der Waals surface area (Å²) in [7, 11) is 0. The van der Waals surface area contributed by atoms with Gasteiger partial charge in [-0.15, -0.1) is 34.8 Å². The molecular weight excluding hydrogens is 1420 g/mol. The number of aliphatic hydroxyl groups is 3. The zero-order chi connectivity index (χ0) is 74.4. The van der Waals surface area contributed by atoms with E-state index in [1.54, 1.807) is 20.8 Å². The fourth-order valence-corrected chi connectivity index (χ4v) is 13.4. The van der Waals surface area contributed by atoms with Crippen LogP contribution in [0.15, 0.2) is 104 Å². The fourth-order valence-electron chi connectivity index (χ4n) is 12.1. The monoisotopic (exact) mass is 1490 g/mol. The zero-order valence-corrected chi connectivity index (χ0v) is 55.9. The van der Waals surface area contributed by atoms with Crippen LogP contribution in [0.3, 0.4) is 0 Å². The van der Waals surface area contributed by atoms with Gasteiger partial charge in [0.15, 0.2) is 0 Å². The predicted octanol–water partition coefficient (Wildman–Crippen LogP) is 4.40. The van der Waals surface area contributed by atoms with Crippen molar-refractivity contribution in [1.82, 2.24) is 47.8 Å². The largest absolute Gasteiger partial charge is 0.461 e. The van der Waals surface area contributed by atoms with E-state index in [1.807, 2.05) is 19.9 Å². The van der Waals surface area contributed by atoms with Crippen LogP contribution in [-0.4, -0.2) is 165 Å². The second-order valence-electron chi connectivity index (χ2n) is 24.4. The molecule has 5 aromatic rings. The van der Waals surface area contributed by atoms with Crippen LogP contribution in [-0.2, 0) is 23.7 Å². The zero-order valence-electron chi connectivity index (χ0n) is 53.7. The van der Waals surface area contributed by atoms with Gasteiger partial charge in [0.25, 0.3) is 57.4 Å². The molecule has 5 fully saturated rings. The molecule has 28 nitrogen and oxygen atoms in total. The van der Waals surface area contributed by atoms with Crippen LogP contribution in [0.25, 0.3) is 0 Å². The highest BCUT2D eigenvalue weighted by Gasteiger charge is 2.69. The number of fused-ring (bicyclic) bond motifs is 4. The number of H-pyrrole nitrogens is 4. The molecule has 6 aliphatic heterocycles. The molecule has 6 aliphatic rings. The number of aromatic nitrogens is 10. The Bertz CT molecular complexity index is 3820. The molecule has 5 saturated heterocycles. The summed E-state index contributed by atoms with van der Waals surface area (Å²) in [6.45, 7) is 9.22. The first kappa shape index (κ1) is 79.6. The third-order valence-electron chi connectivity index (χ3n) is 19.4. The molecule has 0 spiro atoms. The van der Waals surface area contributed by atoms with E-state index < -0.39 is 189 Å². The van der Waals surface area contributed by atoms with E-state index >= 15 is 0 Å².